The normalized spacial score (nSPS) is 10.7. The van der Waals surface area contributed by atoms with Gasteiger partial charge in [0.15, 0.2) is 0 Å². The molecule has 0 atom stereocenters. The number of para-hydroxylation sites is 1. The Labute approximate surface area is 174 Å². The molecule has 0 aliphatic rings. The van der Waals surface area contributed by atoms with Crippen LogP contribution < -0.4 is 5.32 Å². The molecule has 30 heavy (non-hydrogen) atoms. The van der Waals surface area contributed by atoms with Crippen LogP contribution in [0.3, 0.4) is 0 Å². The molecular weight excluding hydrogens is 378 g/mol. The molecule has 150 valence electrons. The molecule has 0 spiro atoms. The summed E-state index contributed by atoms with van der Waals surface area (Å²) in [6.45, 7) is 1.95. The quantitative estimate of drug-likeness (QED) is 0.478. The summed E-state index contributed by atoms with van der Waals surface area (Å²) in [7, 11) is 0. The lowest BCUT2D eigenvalue weighted by molar-refractivity contribution is -0.136. The number of nitrogens with one attached hydrogen (secondary N) is 1. The zero-order chi connectivity index (χ0) is 20.9. The fraction of sp³-hybridized carbons (Fsp3) is 0.130. The number of benzene rings is 2. The van der Waals surface area contributed by atoms with Gasteiger partial charge in [0.1, 0.15) is 0 Å². The minimum absolute atomic E-state index is 0.0973. The van der Waals surface area contributed by atoms with Crippen molar-refractivity contribution in [2.24, 2.45) is 0 Å². The third kappa shape index (κ3) is 4.52. The van der Waals surface area contributed by atoms with Crippen LogP contribution in [-0.2, 0) is 11.2 Å². The summed E-state index contributed by atoms with van der Waals surface area (Å²) < 4.78 is 1.84. The van der Waals surface area contributed by atoms with Gasteiger partial charge in [-0.1, -0.05) is 30.3 Å². The molecule has 2 heterocycles. The van der Waals surface area contributed by atoms with E-state index in [0.29, 0.717) is 12.4 Å². The molecule has 0 bridgehead atoms. The maximum Gasteiger partial charge on any atom is 0.303 e. The highest BCUT2D eigenvalue weighted by Crippen LogP contribution is 2.24. The van der Waals surface area contributed by atoms with Crippen molar-refractivity contribution in [2.75, 3.05) is 5.32 Å². The van der Waals surface area contributed by atoms with Gasteiger partial charge in [0.2, 0.25) is 5.95 Å². The number of rotatable bonds is 7. The number of anilines is 2. The van der Waals surface area contributed by atoms with Gasteiger partial charge in [0.25, 0.3) is 0 Å². The van der Waals surface area contributed by atoms with Crippen molar-refractivity contribution in [3.05, 3.63) is 84.3 Å². The molecule has 4 rings (SSSR count). The Balaban J connectivity index is 1.56. The standard InChI is InChI=1S/C23H21N5O2/c1-16-20(15-28(27-16)19-8-3-2-4-9-19)21-12-13-24-23(26-21)25-18-7-5-6-17(14-18)10-11-22(29)30/h2-9,12-15H,10-11H2,1H3,(H,29,30)(H,24,25,26). The van der Waals surface area contributed by atoms with E-state index in [-0.39, 0.29) is 6.42 Å². The fourth-order valence-electron chi connectivity index (χ4n) is 3.18. The van der Waals surface area contributed by atoms with E-state index >= 15 is 0 Å². The summed E-state index contributed by atoms with van der Waals surface area (Å²) in [5, 5.41) is 16.7. The van der Waals surface area contributed by atoms with E-state index in [1.807, 2.05) is 78.5 Å². The third-order valence-corrected chi connectivity index (χ3v) is 4.66. The average Bonchev–Trinajstić information content (AvgIpc) is 3.15. The number of carboxylic acid groups (broad SMARTS) is 1. The van der Waals surface area contributed by atoms with Crippen molar-refractivity contribution in [1.29, 1.82) is 0 Å². The van der Waals surface area contributed by atoms with Crippen molar-refractivity contribution in [2.45, 2.75) is 19.8 Å². The summed E-state index contributed by atoms with van der Waals surface area (Å²) in [6.07, 6.45) is 4.24. The minimum atomic E-state index is -0.809. The van der Waals surface area contributed by atoms with Crippen molar-refractivity contribution in [3.8, 4) is 16.9 Å². The second-order valence-corrected chi connectivity index (χ2v) is 6.89. The summed E-state index contributed by atoms with van der Waals surface area (Å²) in [5.41, 5.74) is 5.32. The van der Waals surface area contributed by atoms with Crippen LogP contribution in [0, 0.1) is 6.92 Å². The molecular formula is C23H21N5O2. The number of aryl methyl sites for hydroxylation is 2. The number of carbonyl (C=O) groups is 1. The van der Waals surface area contributed by atoms with Crippen LogP contribution in [0.15, 0.2) is 73.1 Å². The molecule has 0 saturated heterocycles. The number of aromatic nitrogens is 4. The van der Waals surface area contributed by atoms with Gasteiger partial charge in [-0.05, 0) is 49.2 Å². The molecule has 7 heteroatoms. The molecule has 0 amide bonds. The first-order valence-corrected chi connectivity index (χ1v) is 9.61. The van der Waals surface area contributed by atoms with Gasteiger partial charge < -0.3 is 10.4 Å². The monoisotopic (exact) mass is 399 g/mol. The molecule has 0 saturated carbocycles. The highest BCUT2D eigenvalue weighted by molar-refractivity contribution is 5.67. The Morgan fingerprint density at radius 3 is 2.73 bits per heavy atom. The van der Waals surface area contributed by atoms with Gasteiger partial charge in [-0.15, -0.1) is 0 Å². The van der Waals surface area contributed by atoms with Crippen molar-refractivity contribution >= 4 is 17.6 Å². The van der Waals surface area contributed by atoms with Gasteiger partial charge in [-0.3, -0.25) is 4.79 Å². The van der Waals surface area contributed by atoms with Crippen LogP contribution in [0.5, 0.6) is 0 Å². The molecule has 2 aromatic carbocycles. The van der Waals surface area contributed by atoms with Gasteiger partial charge in [0, 0.05) is 30.1 Å². The number of hydrogen-bond donors (Lipinski definition) is 2. The second kappa shape index (κ2) is 8.57. The number of nitrogens with zero attached hydrogens (tertiary/aromatic N) is 4. The van der Waals surface area contributed by atoms with Crippen molar-refractivity contribution in [3.63, 3.8) is 0 Å². The Morgan fingerprint density at radius 1 is 1.10 bits per heavy atom. The largest absolute Gasteiger partial charge is 0.481 e. The molecule has 0 aliphatic carbocycles. The van der Waals surface area contributed by atoms with E-state index < -0.39 is 5.97 Å². The van der Waals surface area contributed by atoms with Crippen LogP contribution in [0.25, 0.3) is 16.9 Å². The molecule has 2 aromatic heterocycles. The van der Waals surface area contributed by atoms with E-state index in [2.05, 4.69) is 20.4 Å². The molecule has 0 aliphatic heterocycles. The van der Waals surface area contributed by atoms with Crippen LogP contribution in [0.1, 0.15) is 17.7 Å². The van der Waals surface area contributed by atoms with E-state index in [4.69, 9.17) is 5.11 Å². The molecule has 4 aromatic rings. The number of hydrogen-bond acceptors (Lipinski definition) is 5. The van der Waals surface area contributed by atoms with E-state index in [1.54, 1.807) is 6.20 Å². The predicted molar refractivity (Wildman–Crippen MR) is 115 cm³/mol. The summed E-state index contributed by atoms with van der Waals surface area (Å²) in [5.74, 6) is -0.342. The number of carboxylic acids is 1. The van der Waals surface area contributed by atoms with E-state index in [1.165, 1.54) is 0 Å². The topological polar surface area (TPSA) is 92.9 Å². The highest BCUT2D eigenvalue weighted by Gasteiger charge is 2.11. The first-order chi connectivity index (χ1) is 14.6. The molecule has 0 radical (unpaired) electrons. The maximum atomic E-state index is 10.8. The molecule has 7 nitrogen and oxygen atoms in total. The van der Waals surface area contributed by atoms with Gasteiger partial charge in [-0.2, -0.15) is 5.10 Å². The summed E-state index contributed by atoms with van der Waals surface area (Å²) in [4.78, 5) is 19.8. The number of aliphatic carboxylic acids is 1. The van der Waals surface area contributed by atoms with Gasteiger partial charge in [0.05, 0.1) is 17.1 Å². The second-order valence-electron chi connectivity index (χ2n) is 6.89. The molecule has 0 unspecified atom stereocenters. The Morgan fingerprint density at radius 2 is 1.93 bits per heavy atom. The predicted octanol–water partition coefficient (Wildman–Crippen LogP) is 4.40. The fourth-order valence-corrected chi connectivity index (χ4v) is 3.18. The lowest BCUT2D eigenvalue weighted by Crippen LogP contribution is -2.00. The Kier molecular flexibility index (Phi) is 5.52. The summed E-state index contributed by atoms with van der Waals surface area (Å²) >= 11 is 0. The Hall–Kier alpha value is -4.00. The lowest BCUT2D eigenvalue weighted by atomic mass is 10.1. The zero-order valence-electron chi connectivity index (χ0n) is 16.5. The third-order valence-electron chi connectivity index (χ3n) is 4.66. The molecule has 2 N–H and O–H groups in total. The van der Waals surface area contributed by atoms with Crippen LogP contribution in [0.2, 0.25) is 0 Å². The summed E-state index contributed by atoms with van der Waals surface area (Å²) in [6, 6.07) is 19.4. The van der Waals surface area contributed by atoms with Crippen LogP contribution in [-0.4, -0.2) is 30.8 Å². The maximum absolute atomic E-state index is 10.8. The first-order valence-electron chi connectivity index (χ1n) is 9.61. The lowest BCUT2D eigenvalue weighted by Gasteiger charge is -2.08. The smallest absolute Gasteiger partial charge is 0.303 e. The van der Waals surface area contributed by atoms with Crippen LogP contribution >= 0.6 is 0 Å². The SMILES string of the molecule is Cc1nn(-c2ccccc2)cc1-c1ccnc(Nc2cccc(CCC(=O)O)c2)n1. The van der Waals surface area contributed by atoms with E-state index in [9.17, 15) is 4.79 Å². The molecule has 0 fully saturated rings. The van der Waals surface area contributed by atoms with Crippen LogP contribution in [0.4, 0.5) is 11.6 Å². The van der Waals surface area contributed by atoms with Gasteiger partial charge in [-0.25, -0.2) is 14.6 Å². The van der Waals surface area contributed by atoms with Gasteiger partial charge >= 0.3 is 5.97 Å². The van der Waals surface area contributed by atoms with Crippen molar-refractivity contribution in [1.82, 2.24) is 19.7 Å². The highest BCUT2D eigenvalue weighted by atomic mass is 16.4. The zero-order valence-corrected chi connectivity index (χ0v) is 16.5. The minimum Gasteiger partial charge on any atom is -0.481 e. The van der Waals surface area contributed by atoms with Crippen molar-refractivity contribution < 1.29 is 9.90 Å². The average molecular weight is 399 g/mol. The first kappa shape index (κ1) is 19.3. The Bertz CT molecular complexity index is 1170. The van der Waals surface area contributed by atoms with E-state index in [0.717, 1.165) is 33.9 Å².